The third kappa shape index (κ3) is 2.02. The van der Waals surface area contributed by atoms with Crippen LogP contribution in [0.2, 0.25) is 0 Å². The van der Waals surface area contributed by atoms with E-state index < -0.39 is 0 Å². The van der Waals surface area contributed by atoms with E-state index in [0.717, 1.165) is 17.7 Å². The summed E-state index contributed by atoms with van der Waals surface area (Å²) in [6.45, 7) is 3.48. The van der Waals surface area contributed by atoms with Gasteiger partial charge in [0.25, 0.3) is 0 Å². The fourth-order valence-corrected chi connectivity index (χ4v) is 2.11. The molecule has 1 unspecified atom stereocenters. The molecule has 1 aliphatic heterocycles. The van der Waals surface area contributed by atoms with Gasteiger partial charge in [-0.25, -0.2) is 0 Å². The first-order chi connectivity index (χ1) is 7.67. The second kappa shape index (κ2) is 4.15. The molecule has 3 heteroatoms. The molecule has 1 heterocycles. The molecule has 0 N–H and O–H groups in total. The third-order valence-corrected chi connectivity index (χ3v) is 2.88. The zero-order valence-electron chi connectivity index (χ0n) is 9.62. The maximum Gasteiger partial charge on any atom is 0.123 e. The molecule has 1 aromatic rings. The zero-order valence-corrected chi connectivity index (χ0v) is 9.62. The number of hydrogen-bond acceptors (Lipinski definition) is 3. The Morgan fingerprint density at radius 1 is 1.56 bits per heavy atom. The topological polar surface area (TPSA) is 42.2 Å². The van der Waals surface area contributed by atoms with Gasteiger partial charge in [-0.05, 0) is 24.1 Å². The van der Waals surface area contributed by atoms with Crippen LogP contribution in [0.1, 0.15) is 18.1 Å². The largest absolute Gasteiger partial charge is 0.493 e. The van der Waals surface area contributed by atoms with Crippen molar-refractivity contribution in [3.8, 4) is 11.8 Å². The van der Waals surface area contributed by atoms with E-state index in [0.29, 0.717) is 18.8 Å². The van der Waals surface area contributed by atoms with Crippen LogP contribution in [-0.2, 0) is 11.2 Å². The Balaban J connectivity index is 2.25. The Morgan fingerprint density at radius 3 is 3.06 bits per heavy atom. The highest BCUT2D eigenvalue weighted by atomic mass is 16.5. The predicted molar refractivity (Wildman–Crippen MR) is 60.3 cm³/mol. The summed E-state index contributed by atoms with van der Waals surface area (Å²) in [7, 11) is 1.71. The van der Waals surface area contributed by atoms with E-state index >= 15 is 0 Å². The van der Waals surface area contributed by atoms with Crippen molar-refractivity contribution in [3.05, 3.63) is 29.3 Å². The van der Waals surface area contributed by atoms with Gasteiger partial charge in [0, 0.05) is 12.5 Å². The fourth-order valence-electron chi connectivity index (χ4n) is 2.11. The Morgan fingerprint density at radius 2 is 2.38 bits per heavy atom. The first-order valence-electron chi connectivity index (χ1n) is 5.32. The Bertz CT molecular complexity index is 436. The van der Waals surface area contributed by atoms with Crippen molar-refractivity contribution in [3.63, 3.8) is 0 Å². The highest BCUT2D eigenvalue weighted by Gasteiger charge is 2.31. The lowest BCUT2D eigenvalue weighted by molar-refractivity contribution is 0.0399. The van der Waals surface area contributed by atoms with E-state index in [2.05, 4.69) is 13.0 Å². The van der Waals surface area contributed by atoms with Crippen LogP contribution in [0.25, 0.3) is 0 Å². The molecule has 3 nitrogen and oxygen atoms in total. The van der Waals surface area contributed by atoms with Crippen LogP contribution in [0.15, 0.2) is 18.2 Å². The molecule has 0 spiro atoms. The SMILES string of the molecule is COCC1(C)COc2cc(C#N)ccc2C1. The number of rotatable bonds is 2. The monoisotopic (exact) mass is 217 g/mol. The number of ether oxygens (including phenoxy) is 2. The molecule has 0 fully saturated rings. The van der Waals surface area contributed by atoms with Gasteiger partial charge in [-0.1, -0.05) is 13.0 Å². The second-order valence-electron chi connectivity index (χ2n) is 4.64. The molecule has 0 radical (unpaired) electrons. The van der Waals surface area contributed by atoms with E-state index in [9.17, 15) is 0 Å². The average molecular weight is 217 g/mol. The van der Waals surface area contributed by atoms with Gasteiger partial charge >= 0.3 is 0 Å². The molecule has 1 aromatic carbocycles. The van der Waals surface area contributed by atoms with E-state index in [1.54, 1.807) is 7.11 Å². The number of nitriles is 1. The van der Waals surface area contributed by atoms with E-state index in [-0.39, 0.29) is 5.41 Å². The molecule has 0 aliphatic carbocycles. The summed E-state index contributed by atoms with van der Waals surface area (Å²) in [6, 6.07) is 7.73. The zero-order chi connectivity index (χ0) is 11.6. The van der Waals surface area contributed by atoms with Crippen molar-refractivity contribution in [1.82, 2.24) is 0 Å². The summed E-state index contributed by atoms with van der Waals surface area (Å²) < 4.78 is 10.9. The highest BCUT2D eigenvalue weighted by Crippen LogP contribution is 2.34. The van der Waals surface area contributed by atoms with Crippen LogP contribution < -0.4 is 4.74 Å². The van der Waals surface area contributed by atoms with Crippen molar-refractivity contribution >= 4 is 0 Å². The summed E-state index contributed by atoms with van der Waals surface area (Å²) in [5, 5.41) is 8.80. The highest BCUT2D eigenvalue weighted by molar-refractivity contribution is 5.44. The minimum absolute atomic E-state index is 0.0376. The van der Waals surface area contributed by atoms with Gasteiger partial charge in [-0.15, -0.1) is 0 Å². The molecule has 84 valence electrons. The van der Waals surface area contributed by atoms with Gasteiger partial charge in [0.15, 0.2) is 0 Å². The maximum absolute atomic E-state index is 8.80. The van der Waals surface area contributed by atoms with Crippen LogP contribution in [0.4, 0.5) is 0 Å². The Hall–Kier alpha value is -1.53. The van der Waals surface area contributed by atoms with Crippen LogP contribution in [-0.4, -0.2) is 20.3 Å². The smallest absolute Gasteiger partial charge is 0.123 e. The summed E-state index contributed by atoms with van der Waals surface area (Å²) in [5.41, 5.74) is 1.84. The normalized spacial score (nSPS) is 23.1. The number of methoxy groups -OCH3 is 1. The van der Waals surface area contributed by atoms with Crippen LogP contribution in [0.3, 0.4) is 0 Å². The molecule has 1 atom stereocenters. The maximum atomic E-state index is 8.80. The molecule has 0 aromatic heterocycles. The molecule has 0 bridgehead atoms. The molecule has 2 rings (SSSR count). The van der Waals surface area contributed by atoms with E-state index in [1.165, 1.54) is 0 Å². The first kappa shape index (κ1) is 11.0. The summed E-state index contributed by atoms with van der Waals surface area (Å²) in [5.74, 6) is 0.840. The number of hydrogen-bond donors (Lipinski definition) is 0. The minimum atomic E-state index is 0.0376. The van der Waals surface area contributed by atoms with Crippen molar-refractivity contribution < 1.29 is 9.47 Å². The molecule has 0 saturated heterocycles. The first-order valence-corrected chi connectivity index (χ1v) is 5.32. The van der Waals surface area contributed by atoms with Gasteiger partial charge in [-0.2, -0.15) is 5.26 Å². The standard InChI is InChI=1S/C13H15NO2/c1-13(8-15-2)6-11-4-3-10(7-14)5-12(11)16-9-13/h3-5H,6,8-9H2,1-2H3. The van der Waals surface area contributed by atoms with Gasteiger partial charge in [0.05, 0.1) is 24.8 Å². The van der Waals surface area contributed by atoms with Crippen molar-refractivity contribution in [1.29, 1.82) is 5.26 Å². The van der Waals surface area contributed by atoms with Gasteiger partial charge < -0.3 is 9.47 Å². The number of fused-ring (bicyclic) bond motifs is 1. The molecule has 16 heavy (non-hydrogen) atoms. The lowest BCUT2D eigenvalue weighted by Crippen LogP contribution is -2.35. The average Bonchev–Trinajstić information content (AvgIpc) is 2.28. The summed E-state index contributed by atoms with van der Waals surface area (Å²) in [6.07, 6.45) is 0.932. The Labute approximate surface area is 95.6 Å². The minimum Gasteiger partial charge on any atom is -0.493 e. The molecular formula is C13H15NO2. The number of benzene rings is 1. The Kier molecular flexibility index (Phi) is 2.84. The van der Waals surface area contributed by atoms with Crippen LogP contribution in [0, 0.1) is 16.7 Å². The molecule has 0 amide bonds. The predicted octanol–water partition coefficient (Wildman–Crippen LogP) is 2.15. The van der Waals surface area contributed by atoms with Crippen molar-refractivity contribution in [2.24, 2.45) is 5.41 Å². The van der Waals surface area contributed by atoms with Crippen molar-refractivity contribution in [2.75, 3.05) is 20.3 Å². The van der Waals surface area contributed by atoms with Crippen molar-refractivity contribution in [2.45, 2.75) is 13.3 Å². The fraction of sp³-hybridized carbons (Fsp3) is 0.462. The van der Waals surface area contributed by atoms with Gasteiger partial charge in [-0.3, -0.25) is 0 Å². The molecular weight excluding hydrogens is 202 g/mol. The van der Waals surface area contributed by atoms with Gasteiger partial charge in [0.1, 0.15) is 5.75 Å². The molecule has 0 saturated carbocycles. The third-order valence-electron chi connectivity index (χ3n) is 2.88. The second-order valence-corrected chi connectivity index (χ2v) is 4.64. The molecule has 1 aliphatic rings. The van der Waals surface area contributed by atoms with Crippen LogP contribution in [0.5, 0.6) is 5.75 Å². The van der Waals surface area contributed by atoms with E-state index in [4.69, 9.17) is 14.7 Å². The lowest BCUT2D eigenvalue weighted by atomic mass is 9.83. The summed E-state index contributed by atoms with van der Waals surface area (Å²) in [4.78, 5) is 0. The number of nitrogens with zero attached hydrogens (tertiary/aromatic N) is 1. The van der Waals surface area contributed by atoms with Crippen LogP contribution >= 0.6 is 0 Å². The van der Waals surface area contributed by atoms with E-state index in [1.807, 2.05) is 18.2 Å². The lowest BCUT2D eigenvalue weighted by Gasteiger charge is -2.34. The quantitative estimate of drug-likeness (QED) is 0.762. The van der Waals surface area contributed by atoms with Gasteiger partial charge in [0.2, 0.25) is 0 Å². The summed E-state index contributed by atoms with van der Waals surface area (Å²) >= 11 is 0.